The van der Waals surface area contributed by atoms with Gasteiger partial charge in [-0.2, -0.15) is 5.10 Å². The lowest BCUT2D eigenvalue weighted by molar-refractivity contribution is 0.0932. The summed E-state index contributed by atoms with van der Waals surface area (Å²) in [6.45, 7) is 3.95. The highest BCUT2D eigenvalue weighted by Crippen LogP contribution is 2.17. The van der Waals surface area contributed by atoms with Crippen LogP contribution in [0.1, 0.15) is 28.4 Å². The van der Waals surface area contributed by atoms with Gasteiger partial charge < -0.3 is 10.1 Å². The molecule has 3 aromatic rings. The molecule has 0 unspecified atom stereocenters. The second-order valence-corrected chi connectivity index (χ2v) is 7.93. The van der Waals surface area contributed by atoms with Gasteiger partial charge >= 0.3 is 0 Å². The molecule has 2 aromatic carbocycles. The minimum absolute atomic E-state index is 0.168. The topological polar surface area (TPSA) is 59.4 Å². The molecule has 0 aliphatic carbocycles. The maximum atomic E-state index is 12.2. The van der Waals surface area contributed by atoms with Crippen molar-refractivity contribution in [2.45, 2.75) is 26.1 Å². The van der Waals surface area contributed by atoms with Crippen LogP contribution in [0.3, 0.4) is 0 Å². The number of nitrogens with one attached hydrogen (secondary N) is 1. The summed E-state index contributed by atoms with van der Waals surface area (Å²) in [7, 11) is 4.00. The van der Waals surface area contributed by atoms with Crippen LogP contribution in [0.2, 0.25) is 5.02 Å². The lowest BCUT2D eigenvalue weighted by Crippen LogP contribution is -2.33. The van der Waals surface area contributed by atoms with Crippen molar-refractivity contribution in [3.63, 3.8) is 0 Å². The van der Waals surface area contributed by atoms with Crippen molar-refractivity contribution in [3.05, 3.63) is 82.6 Å². The number of aryl methyl sites for hydroxylation is 1. The standard InChI is InChI=1S/C23H27ClN4O2/c1-17(12-25-23(29)20-7-5-8-21(24)11-20)30-22-9-4-6-18(10-22)14-27(2)15-19-13-26-28(3)16-19/h4-11,13,16-17H,12,14-15H2,1-3H3,(H,25,29)/t17-/m0/s1. The van der Waals surface area contributed by atoms with Gasteiger partial charge in [0.25, 0.3) is 5.91 Å². The molecule has 6 nitrogen and oxygen atoms in total. The fourth-order valence-corrected chi connectivity index (χ4v) is 3.38. The van der Waals surface area contributed by atoms with E-state index in [-0.39, 0.29) is 12.0 Å². The lowest BCUT2D eigenvalue weighted by Gasteiger charge is -2.18. The van der Waals surface area contributed by atoms with Crippen molar-refractivity contribution in [1.29, 1.82) is 0 Å². The van der Waals surface area contributed by atoms with E-state index in [1.165, 1.54) is 5.56 Å². The molecule has 1 N–H and O–H groups in total. The number of aromatic nitrogens is 2. The predicted molar refractivity (Wildman–Crippen MR) is 119 cm³/mol. The van der Waals surface area contributed by atoms with Gasteiger partial charge in [0.2, 0.25) is 0 Å². The smallest absolute Gasteiger partial charge is 0.251 e. The highest BCUT2D eigenvalue weighted by atomic mass is 35.5. The summed E-state index contributed by atoms with van der Waals surface area (Å²) in [5.41, 5.74) is 2.87. The van der Waals surface area contributed by atoms with Gasteiger partial charge in [-0.05, 0) is 49.9 Å². The Bertz CT molecular complexity index is 989. The zero-order chi connectivity index (χ0) is 21.5. The Morgan fingerprint density at radius 1 is 1.20 bits per heavy atom. The van der Waals surface area contributed by atoms with Gasteiger partial charge in [-0.1, -0.05) is 29.8 Å². The van der Waals surface area contributed by atoms with Crippen LogP contribution in [0.4, 0.5) is 0 Å². The minimum Gasteiger partial charge on any atom is -0.489 e. The normalized spacial score (nSPS) is 12.0. The van der Waals surface area contributed by atoms with Gasteiger partial charge in [0, 0.05) is 42.5 Å². The van der Waals surface area contributed by atoms with Gasteiger partial charge in [0.05, 0.1) is 12.7 Å². The van der Waals surface area contributed by atoms with E-state index < -0.39 is 0 Å². The first-order chi connectivity index (χ1) is 14.4. The highest BCUT2D eigenvalue weighted by molar-refractivity contribution is 6.30. The molecule has 0 saturated carbocycles. The van der Waals surface area contributed by atoms with Crippen LogP contribution in [0, 0.1) is 0 Å². The summed E-state index contributed by atoms with van der Waals surface area (Å²) in [6.07, 6.45) is 3.74. The molecule has 3 rings (SSSR count). The number of rotatable bonds is 9. The average molecular weight is 427 g/mol. The molecule has 1 heterocycles. The third-order valence-corrected chi connectivity index (χ3v) is 4.77. The predicted octanol–water partition coefficient (Wildman–Crippen LogP) is 3.90. The number of carbonyl (C=O) groups is 1. The number of amides is 1. The molecular formula is C23H27ClN4O2. The van der Waals surface area contributed by atoms with Crippen LogP contribution in [-0.4, -0.2) is 40.3 Å². The summed E-state index contributed by atoms with van der Waals surface area (Å²) in [5.74, 6) is 0.616. The quantitative estimate of drug-likeness (QED) is 0.563. The second-order valence-electron chi connectivity index (χ2n) is 7.49. The first kappa shape index (κ1) is 21.9. The maximum absolute atomic E-state index is 12.2. The molecule has 1 atom stereocenters. The van der Waals surface area contributed by atoms with E-state index in [0.29, 0.717) is 17.1 Å². The van der Waals surface area contributed by atoms with Crippen LogP contribution in [0.25, 0.3) is 0 Å². The molecule has 0 saturated heterocycles. The summed E-state index contributed by atoms with van der Waals surface area (Å²) in [4.78, 5) is 14.5. The largest absolute Gasteiger partial charge is 0.489 e. The molecule has 0 spiro atoms. The van der Waals surface area contributed by atoms with Gasteiger partial charge in [-0.25, -0.2) is 0 Å². The first-order valence-corrected chi connectivity index (χ1v) is 10.2. The van der Waals surface area contributed by atoms with E-state index in [4.69, 9.17) is 16.3 Å². The highest BCUT2D eigenvalue weighted by Gasteiger charge is 2.10. The molecule has 0 aliphatic heterocycles. The zero-order valence-electron chi connectivity index (χ0n) is 17.5. The van der Waals surface area contributed by atoms with Crippen LogP contribution < -0.4 is 10.1 Å². The van der Waals surface area contributed by atoms with Crippen LogP contribution in [0.15, 0.2) is 60.9 Å². The molecule has 0 radical (unpaired) electrons. The molecule has 0 fully saturated rings. The van der Waals surface area contributed by atoms with Crippen LogP contribution >= 0.6 is 11.6 Å². The molecule has 158 valence electrons. The van der Waals surface area contributed by atoms with E-state index in [1.807, 2.05) is 49.2 Å². The number of nitrogens with zero attached hydrogens (tertiary/aromatic N) is 3. The zero-order valence-corrected chi connectivity index (χ0v) is 18.3. The van der Waals surface area contributed by atoms with Crippen molar-refractivity contribution in [2.75, 3.05) is 13.6 Å². The van der Waals surface area contributed by atoms with E-state index in [0.717, 1.165) is 24.4 Å². The van der Waals surface area contributed by atoms with Crippen molar-refractivity contribution in [3.8, 4) is 5.75 Å². The van der Waals surface area contributed by atoms with E-state index in [9.17, 15) is 4.79 Å². The minimum atomic E-state index is -0.170. The van der Waals surface area contributed by atoms with E-state index >= 15 is 0 Å². The number of hydrogen-bond donors (Lipinski definition) is 1. The number of halogens is 1. The summed E-state index contributed by atoms with van der Waals surface area (Å²) in [6, 6.07) is 14.9. The molecule has 0 bridgehead atoms. The SMILES string of the molecule is C[C@@H](CNC(=O)c1cccc(Cl)c1)Oc1cccc(CN(C)Cc2cnn(C)c2)c1. The Morgan fingerprint density at radius 3 is 2.70 bits per heavy atom. The lowest BCUT2D eigenvalue weighted by atomic mass is 10.2. The molecule has 0 aliphatic rings. The van der Waals surface area contributed by atoms with E-state index in [2.05, 4.69) is 28.4 Å². The number of carbonyl (C=O) groups excluding carboxylic acids is 1. The Kier molecular flexibility index (Phi) is 7.49. The Morgan fingerprint density at radius 2 is 1.97 bits per heavy atom. The average Bonchev–Trinajstić information content (AvgIpc) is 3.10. The number of ether oxygens (including phenoxy) is 1. The second kappa shape index (κ2) is 10.3. The van der Waals surface area contributed by atoms with Gasteiger partial charge in [-0.15, -0.1) is 0 Å². The summed E-state index contributed by atoms with van der Waals surface area (Å²) < 4.78 is 7.81. The van der Waals surface area contributed by atoms with Crippen molar-refractivity contribution >= 4 is 17.5 Å². The van der Waals surface area contributed by atoms with Gasteiger partial charge in [0.15, 0.2) is 0 Å². The van der Waals surface area contributed by atoms with Crippen LogP contribution in [0.5, 0.6) is 5.75 Å². The monoisotopic (exact) mass is 426 g/mol. The summed E-state index contributed by atoms with van der Waals surface area (Å²) >= 11 is 5.94. The third-order valence-electron chi connectivity index (χ3n) is 4.54. The van der Waals surface area contributed by atoms with Crippen molar-refractivity contribution in [1.82, 2.24) is 20.0 Å². The fraction of sp³-hybridized carbons (Fsp3) is 0.304. The summed E-state index contributed by atoms with van der Waals surface area (Å²) in [5, 5.41) is 7.63. The Balaban J connectivity index is 1.49. The fourth-order valence-electron chi connectivity index (χ4n) is 3.19. The molecular weight excluding hydrogens is 400 g/mol. The van der Waals surface area contributed by atoms with Gasteiger partial charge in [0.1, 0.15) is 11.9 Å². The van der Waals surface area contributed by atoms with Crippen molar-refractivity contribution < 1.29 is 9.53 Å². The third kappa shape index (κ3) is 6.61. The maximum Gasteiger partial charge on any atom is 0.251 e. The molecule has 30 heavy (non-hydrogen) atoms. The molecule has 1 aromatic heterocycles. The van der Waals surface area contributed by atoms with E-state index in [1.54, 1.807) is 24.3 Å². The molecule has 1 amide bonds. The number of hydrogen-bond acceptors (Lipinski definition) is 4. The number of benzene rings is 2. The Hall–Kier alpha value is -2.83. The van der Waals surface area contributed by atoms with Crippen molar-refractivity contribution in [2.24, 2.45) is 7.05 Å². The first-order valence-electron chi connectivity index (χ1n) is 9.84. The molecule has 7 heteroatoms. The Labute approximate surface area is 182 Å². The van der Waals surface area contributed by atoms with Crippen LogP contribution in [-0.2, 0) is 20.1 Å². The van der Waals surface area contributed by atoms with Gasteiger partial charge in [-0.3, -0.25) is 14.4 Å².